The van der Waals surface area contributed by atoms with Crippen LogP contribution in [0.25, 0.3) is 0 Å². The Labute approximate surface area is 109 Å². The van der Waals surface area contributed by atoms with Crippen LogP contribution in [0.1, 0.15) is 50.3 Å². The van der Waals surface area contributed by atoms with Gasteiger partial charge in [0, 0.05) is 23.2 Å². The first-order valence-corrected chi connectivity index (χ1v) is 7.70. The number of nitrogens with two attached hydrogens (primary N) is 1. The zero-order chi connectivity index (χ0) is 12.1. The molecule has 0 saturated heterocycles. The Hall–Kier alpha value is -0.540. The molecule has 3 N–H and O–H groups in total. The van der Waals surface area contributed by atoms with Gasteiger partial charge in [0.05, 0.1) is 0 Å². The van der Waals surface area contributed by atoms with E-state index in [4.69, 9.17) is 5.73 Å². The molecule has 0 unspecified atom stereocenters. The molecular weight excluding hydrogens is 228 g/mol. The van der Waals surface area contributed by atoms with Crippen LogP contribution in [0, 0.1) is 5.92 Å². The predicted molar refractivity (Wildman–Crippen MR) is 76.2 cm³/mol. The average molecular weight is 252 g/mol. The smallest absolute Gasteiger partial charge is 0.0468 e. The highest BCUT2D eigenvalue weighted by Gasteiger charge is 2.18. The van der Waals surface area contributed by atoms with E-state index in [1.54, 1.807) is 11.3 Å². The number of hydrogen-bond donors (Lipinski definition) is 2. The van der Waals surface area contributed by atoms with E-state index in [0.717, 1.165) is 18.2 Å². The molecule has 1 aliphatic carbocycles. The van der Waals surface area contributed by atoms with E-state index in [0.29, 0.717) is 6.04 Å². The number of nitrogen functional groups attached to an aromatic ring is 1. The van der Waals surface area contributed by atoms with Crippen molar-refractivity contribution < 1.29 is 0 Å². The zero-order valence-corrected chi connectivity index (χ0v) is 11.6. The first kappa shape index (κ1) is 12.9. The Morgan fingerprint density at radius 3 is 2.65 bits per heavy atom. The largest absolute Gasteiger partial charge is 0.398 e. The van der Waals surface area contributed by atoms with E-state index in [1.165, 1.54) is 43.4 Å². The summed E-state index contributed by atoms with van der Waals surface area (Å²) in [6, 6.07) is 2.62. The van der Waals surface area contributed by atoms with Gasteiger partial charge in [0.15, 0.2) is 0 Å². The normalized spacial score (nSPS) is 20.1. The summed E-state index contributed by atoms with van der Waals surface area (Å²) in [5.41, 5.74) is 6.84. The summed E-state index contributed by atoms with van der Waals surface area (Å²) in [7, 11) is 0. The van der Waals surface area contributed by atoms with Gasteiger partial charge < -0.3 is 11.1 Å². The van der Waals surface area contributed by atoms with E-state index in [2.05, 4.69) is 17.6 Å². The van der Waals surface area contributed by atoms with Crippen LogP contribution in [0.3, 0.4) is 0 Å². The maximum atomic E-state index is 5.90. The second-order valence-corrected chi connectivity index (χ2v) is 6.22. The maximum absolute atomic E-state index is 5.90. The quantitative estimate of drug-likeness (QED) is 0.800. The van der Waals surface area contributed by atoms with Crippen molar-refractivity contribution in [2.24, 2.45) is 5.92 Å². The molecule has 2 rings (SSSR count). The first-order valence-electron chi connectivity index (χ1n) is 6.82. The van der Waals surface area contributed by atoms with E-state index in [9.17, 15) is 0 Å². The van der Waals surface area contributed by atoms with E-state index >= 15 is 0 Å². The molecule has 17 heavy (non-hydrogen) atoms. The lowest BCUT2D eigenvalue weighted by Gasteiger charge is -2.23. The molecule has 1 aliphatic rings. The number of nitrogens with one attached hydrogen (secondary N) is 1. The minimum Gasteiger partial charge on any atom is -0.398 e. The zero-order valence-electron chi connectivity index (χ0n) is 10.7. The van der Waals surface area contributed by atoms with Crippen LogP contribution in [0.15, 0.2) is 11.4 Å². The van der Waals surface area contributed by atoms with Crippen molar-refractivity contribution >= 4 is 17.0 Å². The topological polar surface area (TPSA) is 38.0 Å². The predicted octanol–water partition coefficient (Wildman–Crippen LogP) is 3.78. The van der Waals surface area contributed by atoms with E-state index in [1.807, 2.05) is 6.07 Å². The molecule has 1 aromatic heterocycles. The van der Waals surface area contributed by atoms with Crippen LogP contribution < -0.4 is 11.1 Å². The Bertz CT molecular complexity index is 327. The third-order valence-corrected chi connectivity index (χ3v) is 4.91. The van der Waals surface area contributed by atoms with Gasteiger partial charge in [-0.25, -0.2) is 0 Å². The summed E-state index contributed by atoms with van der Waals surface area (Å²) >= 11 is 1.75. The molecule has 0 radical (unpaired) electrons. The highest BCUT2D eigenvalue weighted by Crippen LogP contribution is 2.26. The number of anilines is 1. The van der Waals surface area contributed by atoms with Crippen molar-refractivity contribution in [2.75, 3.05) is 5.73 Å². The summed E-state index contributed by atoms with van der Waals surface area (Å²) in [4.78, 5) is 1.28. The highest BCUT2D eigenvalue weighted by atomic mass is 32.1. The van der Waals surface area contributed by atoms with Crippen molar-refractivity contribution in [1.82, 2.24) is 5.32 Å². The second-order valence-electron chi connectivity index (χ2n) is 5.22. The van der Waals surface area contributed by atoms with Gasteiger partial charge in [-0.2, -0.15) is 0 Å². The van der Waals surface area contributed by atoms with Crippen LogP contribution in [-0.2, 0) is 6.54 Å². The molecule has 1 aromatic rings. The minimum absolute atomic E-state index is 0.620. The lowest BCUT2D eigenvalue weighted by molar-refractivity contribution is 0.337. The fourth-order valence-electron chi connectivity index (χ4n) is 2.73. The molecule has 1 fully saturated rings. The molecule has 0 spiro atoms. The maximum Gasteiger partial charge on any atom is 0.0468 e. The number of thiophene rings is 1. The summed E-state index contributed by atoms with van der Waals surface area (Å²) in [6.45, 7) is 3.26. The monoisotopic (exact) mass is 252 g/mol. The Morgan fingerprint density at radius 1 is 1.35 bits per heavy atom. The Balaban J connectivity index is 1.80. The lowest BCUT2D eigenvalue weighted by atomic mass is 9.93. The molecule has 1 saturated carbocycles. The van der Waals surface area contributed by atoms with Gasteiger partial charge in [0.2, 0.25) is 0 Å². The molecule has 1 atom stereocenters. The van der Waals surface area contributed by atoms with Crippen molar-refractivity contribution in [3.63, 3.8) is 0 Å². The Morgan fingerprint density at radius 2 is 2.06 bits per heavy atom. The third-order valence-electron chi connectivity index (χ3n) is 3.97. The van der Waals surface area contributed by atoms with Crippen LogP contribution in [0.5, 0.6) is 0 Å². The van der Waals surface area contributed by atoms with Gasteiger partial charge in [-0.05, 0) is 37.1 Å². The fraction of sp³-hybridized carbons (Fsp3) is 0.714. The van der Waals surface area contributed by atoms with Gasteiger partial charge in [0.25, 0.3) is 0 Å². The Kier molecular flexibility index (Phi) is 4.86. The average Bonchev–Trinajstić information content (AvgIpc) is 2.58. The highest BCUT2D eigenvalue weighted by molar-refractivity contribution is 7.10. The molecule has 96 valence electrons. The number of rotatable bonds is 4. The fourth-order valence-corrected chi connectivity index (χ4v) is 3.48. The van der Waals surface area contributed by atoms with Crippen LogP contribution in [0.4, 0.5) is 5.69 Å². The summed E-state index contributed by atoms with van der Waals surface area (Å²) in [6.07, 6.45) is 8.49. The van der Waals surface area contributed by atoms with Crippen LogP contribution >= 0.6 is 11.3 Å². The molecule has 1 heterocycles. The third kappa shape index (κ3) is 3.71. The number of hydrogen-bond acceptors (Lipinski definition) is 3. The van der Waals surface area contributed by atoms with Crippen molar-refractivity contribution in [3.8, 4) is 0 Å². The first-order chi connectivity index (χ1) is 8.27. The molecule has 0 aliphatic heterocycles. The van der Waals surface area contributed by atoms with Crippen molar-refractivity contribution in [2.45, 2.75) is 58.0 Å². The minimum atomic E-state index is 0.620. The van der Waals surface area contributed by atoms with Gasteiger partial charge >= 0.3 is 0 Å². The SMILES string of the molecule is C[C@@H](NCc1sccc1N)C1CCCCCC1. The molecule has 0 aromatic carbocycles. The van der Waals surface area contributed by atoms with Gasteiger partial charge in [-0.15, -0.1) is 11.3 Å². The molecule has 2 nitrogen and oxygen atoms in total. The lowest BCUT2D eigenvalue weighted by Crippen LogP contribution is -2.32. The standard InChI is InChI=1S/C14H24N2S/c1-11(12-6-4-2-3-5-7-12)16-10-14-13(15)8-9-17-14/h8-9,11-12,16H,2-7,10,15H2,1H3/t11-/m1/s1. The summed E-state index contributed by atoms with van der Waals surface area (Å²) in [5, 5.41) is 5.73. The van der Waals surface area contributed by atoms with Crippen LogP contribution in [-0.4, -0.2) is 6.04 Å². The molecule has 0 bridgehead atoms. The van der Waals surface area contributed by atoms with Gasteiger partial charge in [-0.3, -0.25) is 0 Å². The molecular formula is C14H24N2S. The molecule has 0 amide bonds. The van der Waals surface area contributed by atoms with Crippen molar-refractivity contribution in [1.29, 1.82) is 0 Å². The van der Waals surface area contributed by atoms with Crippen LogP contribution in [0.2, 0.25) is 0 Å². The second kappa shape index (κ2) is 6.41. The van der Waals surface area contributed by atoms with Crippen molar-refractivity contribution in [3.05, 3.63) is 16.3 Å². The van der Waals surface area contributed by atoms with E-state index < -0.39 is 0 Å². The summed E-state index contributed by atoms with van der Waals surface area (Å²) in [5.74, 6) is 0.860. The van der Waals surface area contributed by atoms with E-state index in [-0.39, 0.29) is 0 Å². The van der Waals surface area contributed by atoms with Gasteiger partial charge in [0.1, 0.15) is 0 Å². The molecule has 3 heteroatoms. The van der Waals surface area contributed by atoms with Gasteiger partial charge in [-0.1, -0.05) is 25.7 Å². The summed E-state index contributed by atoms with van der Waals surface area (Å²) < 4.78 is 0.